The van der Waals surface area contributed by atoms with Crippen LogP contribution in [0.15, 0.2) is 43.0 Å². The van der Waals surface area contributed by atoms with Crippen LogP contribution < -0.4 is 10.9 Å². The second-order valence-electron chi connectivity index (χ2n) is 4.26. The lowest BCUT2D eigenvalue weighted by molar-refractivity contribution is 0.137. The van der Waals surface area contributed by atoms with Crippen molar-refractivity contribution in [3.8, 4) is 0 Å². The standard InChI is InChI=1S/C15H22N2O2/c1-4-12-15(5-2,13-10-8-7-9-11-13)17-16-14(18)19-6-3/h4,7-11,17H,1,5-6,12H2,2-3H3,(H,16,18). The number of hydrogen-bond acceptors (Lipinski definition) is 3. The van der Waals surface area contributed by atoms with Crippen LogP contribution in [0, 0.1) is 0 Å². The summed E-state index contributed by atoms with van der Waals surface area (Å²) in [7, 11) is 0. The monoisotopic (exact) mass is 262 g/mol. The van der Waals surface area contributed by atoms with E-state index in [9.17, 15) is 4.79 Å². The van der Waals surface area contributed by atoms with Crippen LogP contribution in [0.1, 0.15) is 32.3 Å². The number of hydrogen-bond donors (Lipinski definition) is 2. The van der Waals surface area contributed by atoms with Crippen LogP contribution in [0.5, 0.6) is 0 Å². The van der Waals surface area contributed by atoms with Crippen LogP contribution in [0.4, 0.5) is 4.79 Å². The van der Waals surface area contributed by atoms with Gasteiger partial charge in [-0.1, -0.05) is 43.3 Å². The van der Waals surface area contributed by atoms with Crippen molar-refractivity contribution in [3.63, 3.8) is 0 Å². The molecule has 1 aromatic carbocycles. The molecule has 1 rings (SSSR count). The first-order valence-electron chi connectivity index (χ1n) is 6.55. The normalized spacial score (nSPS) is 13.4. The fourth-order valence-electron chi connectivity index (χ4n) is 2.02. The molecule has 1 aromatic rings. The molecule has 0 heterocycles. The molecule has 0 saturated carbocycles. The second-order valence-corrected chi connectivity index (χ2v) is 4.26. The number of ether oxygens (including phenoxy) is 1. The molecule has 0 radical (unpaired) electrons. The number of nitrogens with one attached hydrogen (secondary N) is 2. The molecule has 0 aliphatic heterocycles. The van der Waals surface area contributed by atoms with E-state index in [0.29, 0.717) is 13.0 Å². The predicted octanol–water partition coefficient (Wildman–Crippen LogP) is 3.12. The zero-order valence-corrected chi connectivity index (χ0v) is 11.6. The second kappa shape index (κ2) is 7.59. The Hall–Kier alpha value is -1.81. The van der Waals surface area contributed by atoms with Gasteiger partial charge in [0.2, 0.25) is 0 Å². The fourth-order valence-corrected chi connectivity index (χ4v) is 2.02. The molecule has 0 aliphatic carbocycles. The molecule has 0 saturated heterocycles. The highest BCUT2D eigenvalue weighted by atomic mass is 16.5. The summed E-state index contributed by atoms with van der Waals surface area (Å²) in [5.74, 6) is 0. The van der Waals surface area contributed by atoms with Crippen molar-refractivity contribution >= 4 is 6.09 Å². The summed E-state index contributed by atoms with van der Waals surface area (Å²) in [6, 6.07) is 10.0. The Morgan fingerprint density at radius 1 is 1.37 bits per heavy atom. The molecule has 0 fully saturated rings. The number of rotatable bonds is 7. The van der Waals surface area contributed by atoms with Crippen LogP contribution in [0.3, 0.4) is 0 Å². The molecule has 19 heavy (non-hydrogen) atoms. The highest BCUT2D eigenvalue weighted by Crippen LogP contribution is 2.28. The highest BCUT2D eigenvalue weighted by molar-refractivity contribution is 5.66. The van der Waals surface area contributed by atoms with Crippen LogP contribution >= 0.6 is 0 Å². The topological polar surface area (TPSA) is 50.4 Å². The molecule has 0 spiro atoms. The maximum Gasteiger partial charge on any atom is 0.421 e. The maximum atomic E-state index is 11.4. The Morgan fingerprint density at radius 2 is 2.05 bits per heavy atom. The summed E-state index contributed by atoms with van der Waals surface area (Å²) >= 11 is 0. The van der Waals surface area contributed by atoms with E-state index in [-0.39, 0.29) is 5.54 Å². The average molecular weight is 262 g/mol. The SMILES string of the molecule is C=CCC(CC)(NNC(=O)OCC)c1ccccc1. The van der Waals surface area contributed by atoms with E-state index < -0.39 is 6.09 Å². The van der Waals surface area contributed by atoms with Gasteiger partial charge in [-0.25, -0.2) is 10.2 Å². The highest BCUT2D eigenvalue weighted by Gasteiger charge is 2.29. The first-order valence-corrected chi connectivity index (χ1v) is 6.55. The minimum absolute atomic E-state index is 0.347. The van der Waals surface area contributed by atoms with Gasteiger partial charge in [0, 0.05) is 0 Å². The van der Waals surface area contributed by atoms with Crippen molar-refractivity contribution < 1.29 is 9.53 Å². The van der Waals surface area contributed by atoms with E-state index in [2.05, 4.69) is 24.4 Å². The van der Waals surface area contributed by atoms with E-state index in [4.69, 9.17) is 4.74 Å². The minimum Gasteiger partial charge on any atom is -0.449 e. The molecule has 1 unspecified atom stereocenters. The molecule has 0 bridgehead atoms. The lowest BCUT2D eigenvalue weighted by atomic mass is 9.85. The van der Waals surface area contributed by atoms with E-state index in [1.54, 1.807) is 6.92 Å². The third kappa shape index (κ3) is 4.10. The first-order chi connectivity index (χ1) is 9.18. The Balaban J connectivity index is 2.87. The van der Waals surface area contributed by atoms with Gasteiger partial charge >= 0.3 is 6.09 Å². The van der Waals surface area contributed by atoms with Crippen molar-refractivity contribution in [2.75, 3.05) is 6.61 Å². The number of carbonyl (C=O) groups is 1. The summed E-state index contributed by atoms with van der Waals surface area (Å²) in [6.45, 7) is 7.98. The Kier molecular flexibility index (Phi) is 6.09. The largest absolute Gasteiger partial charge is 0.449 e. The zero-order chi connectivity index (χ0) is 14.1. The molecule has 4 heteroatoms. The first kappa shape index (κ1) is 15.2. The molecular formula is C15H22N2O2. The number of carbonyl (C=O) groups excluding carboxylic acids is 1. The van der Waals surface area contributed by atoms with Gasteiger partial charge in [-0.05, 0) is 25.3 Å². The average Bonchev–Trinajstić information content (AvgIpc) is 2.45. The maximum absolute atomic E-state index is 11.4. The molecular weight excluding hydrogens is 240 g/mol. The Bertz CT molecular complexity index is 406. The van der Waals surface area contributed by atoms with Gasteiger partial charge in [0.05, 0.1) is 12.1 Å². The van der Waals surface area contributed by atoms with Crippen LogP contribution in [-0.2, 0) is 10.3 Å². The zero-order valence-electron chi connectivity index (χ0n) is 11.6. The summed E-state index contributed by atoms with van der Waals surface area (Å²) in [5, 5.41) is 0. The smallest absolute Gasteiger partial charge is 0.421 e. The molecule has 0 aliphatic rings. The summed E-state index contributed by atoms with van der Waals surface area (Å²) in [4.78, 5) is 11.4. The number of amides is 1. The van der Waals surface area contributed by atoms with Crippen molar-refractivity contribution in [3.05, 3.63) is 48.6 Å². The van der Waals surface area contributed by atoms with Crippen LogP contribution in [0.25, 0.3) is 0 Å². The molecule has 0 aromatic heterocycles. The van der Waals surface area contributed by atoms with Crippen molar-refractivity contribution in [2.45, 2.75) is 32.2 Å². The lowest BCUT2D eigenvalue weighted by Gasteiger charge is -2.33. The molecule has 4 nitrogen and oxygen atoms in total. The van der Waals surface area contributed by atoms with Crippen molar-refractivity contribution in [1.29, 1.82) is 0 Å². The van der Waals surface area contributed by atoms with E-state index in [0.717, 1.165) is 12.0 Å². The van der Waals surface area contributed by atoms with Crippen LogP contribution in [-0.4, -0.2) is 12.7 Å². The number of hydrazine groups is 1. The predicted molar refractivity (Wildman–Crippen MR) is 76.5 cm³/mol. The minimum atomic E-state index is -0.472. The van der Waals surface area contributed by atoms with Gasteiger partial charge < -0.3 is 4.74 Å². The van der Waals surface area contributed by atoms with Gasteiger partial charge in [0.15, 0.2) is 0 Å². The summed E-state index contributed by atoms with van der Waals surface area (Å²) < 4.78 is 4.86. The number of benzene rings is 1. The van der Waals surface area contributed by atoms with E-state index >= 15 is 0 Å². The summed E-state index contributed by atoms with van der Waals surface area (Å²) in [5.41, 5.74) is 6.43. The van der Waals surface area contributed by atoms with Crippen molar-refractivity contribution in [2.24, 2.45) is 0 Å². The fraction of sp³-hybridized carbons (Fsp3) is 0.400. The van der Waals surface area contributed by atoms with Gasteiger partial charge in [-0.15, -0.1) is 6.58 Å². The Morgan fingerprint density at radius 3 is 2.58 bits per heavy atom. The van der Waals surface area contributed by atoms with Crippen molar-refractivity contribution in [1.82, 2.24) is 10.9 Å². The Labute approximate surface area is 114 Å². The van der Waals surface area contributed by atoms with E-state index in [1.807, 2.05) is 36.4 Å². The van der Waals surface area contributed by atoms with Gasteiger partial charge in [0.25, 0.3) is 0 Å². The molecule has 1 atom stereocenters. The summed E-state index contributed by atoms with van der Waals surface area (Å²) in [6.07, 6.45) is 2.89. The molecule has 1 amide bonds. The third-order valence-electron chi connectivity index (χ3n) is 3.10. The van der Waals surface area contributed by atoms with Crippen LogP contribution in [0.2, 0.25) is 0 Å². The van der Waals surface area contributed by atoms with E-state index in [1.165, 1.54) is 0 Å². The lowest BCUT2D eigenvalue weighted by Crippen LogP contribution is -2.51. The van der Waals surface area contributed by atoms with Gasteiger partial charge in [-0.2, -0.15) is 0 Å². The quantitative estimate of drug-likeness (QED) is 0.586. The third-order valence-corrected chi connectivity index (χ3v) is 3.10. The molecule has 104 valence electrons. The molecule has 2 N–H and O–H groups in total. The van der Waals surface area contributed by atoms with Gasteiger partial charge in [0.1, 0.15) is 0 Å². The van der Waals surface area contributed by atoms with Gasteiger partial charge in [-0.3, -0.25) is 5.43 Å².